The van der Waals surface area contributed by atoms with Crippen LogP contribution in [0.4, 0.5) is 0 Å². The van der Waals surface area contributed by atoms with Gasteiger partial charge in [-0.3, -0.25) is 16.3 Å². The van der Waals surface area contributed by atoms with Crippen molar-refractivity contribution in [1.29, 1.82) is 0 Å². The molecule has 0 aliphatic rings. The number of pyridine rings is 1. The van der Waals surface area contributed by atoms with Crippen LogP contribution >= 0.6 is 0 Å². The van der Waals surface area contributed by atoms with E-state index in [1.165, 1.54) is 5.56 Å². The van der Waals surface area contributed by atoms with Crippen LogP contribution < -0.4 is 11.3 Å². The monoisotopic (exact) mass is 236 g/mol. The van der Waals surface area contributed by atoms with Crippen molar-refractivity contribution in [3.63, 3.8) is 0 Å². The fourth-order valence-corrected chi connectivity index (χ4v) is 1.93. The number of hydrazine groups is 1. The first kappa shape index (κ1) is 14.1. The van der Waals surface area contributed by atoms with Crippen molar-refractivity contribution in [1.82, 2.24) is 15.3 Å². The summed E-state index contributed by atoms with van der Waals surface area (Å²) in [5.74, 6) is 5.60. The summed E-state index contributed by atoms with van der Waals surface area (Å²) in [7, 11) is 0. The minimum Gasteiger partial charge on any atom is -0.304 e. The Kier molecular flexibility index (Phi) is 6.77. The first-order chi connectivity index (χ1) is 8.30. The summed E-state index contributed by atoms with van der Waals surface area (Å²) in [6, 6.07) is 4.38. The van der Waals surface area contributed by atoms with Crippen molar-refractivity contribution >= 4 is 0 Å². The van der Waals surface area contributed by atoms with Gasteiger partial charge in [0.25, 0.3) is 0 Å². The van der Waals surface area contributed by atoms with E-state index in [9.17, 15) is 0 Å². The van der Waals surface area contributed by atoms with E-state index in [-0.39, 0.29) is 0 Å². The van der Waals surface area contributed by atoms with E-state index in [0.717, 1.165) is 32.5 Å². The van der Waals surface area contributed by atoms with Crippen molar-refractivity contribution in [3.05, 3.63) is 30.1 Å². The van der Waals surface area contributed by atoms with E-state index in [2.05, 4.69) is 35.2 Å². The molecule has 3 N–H and O–H groups in total. The topological polar surface area (TPSA) is 54.2 Å². The van der Waals surface area contributed by atoms with Gasteiger partial charge < -0.3 is 4.90 Å². The van der Waals surface area contributed by atoms with Crippen molar-refractivity contribution in [2.75, 3.05) is 19.6 Å². The molecule has 0 bridgehead atoms. The Morgan fingerprint density at radius 2 is 2.18 bits per heavy atom. The molecule has 4 heteroatoms. The fourth-order valence-electron chi connectivity index (χ4n) is 1.93. The molecule has 0 radical (unpaired) electrons. The van der Waals surface area contributed by atoms with E-state index in [1.807, 2.05) is 12.3 Å². The molecule has 1 heterocycles. The average Bonchev–Trinajstić information content (AvgIpc) is 2.39. The first-order valence-electron chi connectivity index (χ1n) is 6.37. The van der Waals surface area contributed by atoms with Gasteiger partial charge in [-0.05, 0) is 44.1 Å². The molecule has 0 amide bonds. The van der Waals surface area contributed by atoms with Crippen molar-refractivity contribution in [2.24, 2.45) is 5.84 Å². The van der Waals surface area contributed by atoms with Gasteiger partial charge in [0.2, 0.25) is 0 Å². The van der Waals surface area contributed by atoms with Crippen LogP contribution in [0.2, 0.25) is 0 Å². The zero-order valence-electron chi connectivity index (χ0n) is 10.9. The summed E-state index contributed by atoms with van der Waals surface area (Å²) < 4.78 is 0. The predicted octanol–water partition coefficient (Wildman–Crippen LogP) is 1.19. The quantitative estimate of drug-likeness (QED) is 0.526. The van der Waals surface area contributed by atoms with Crippen molar-refractivity contribution < 1.29 is 0 Å². The predicted molar refractivity (Wildman–Crippen MR) is 71.5 cm³/mol. The molecular weight excluding hydrogens is 212 g/mol. The normalized spacial score (nSPS) is 12.9. The third-order valence-corrected chi connectivity index (χ3v) is 3.13. The van der Waals surface area contributed by atoms with E-state index in [4.69, 9.17) is 5.84 Å². The second-order valence-electron chi connectivity index (χ2n) is 4.24. The Bertz CT molecular complexity index is 285. The summed E-state index contributed by atoms with van der Waals surface area (Å²) in [6.07, 6.45) is 5.70. The summed E-state index contributed by atoms with van der Waals surface area (Å²) in [5, 5.41) is 0. The highest BCUT2D eigenvalue weighted by atomic mass is 15.2. The van der Waals surface area contributed by atoms with Crippen molar-refractivity contribution in [2.45, 2.75) is 32.7 Å². The van der Waals surface area contributed by atoms with Crippen LogP contribution in [-0.4, -0.2) is 35.6 Å². The van der Waals surface area contributed by atoms with E-state index >= 15 is 0 Å². The lowest BCUT2D eigenvalue weighted by atomic mass is 10.1. The second-order valence-corrected chi connectivity index (χ2v) is 4.24. The SMILES string of the molecule is CCN(CC)CCC(Cc1cccnc1)NN. The molecule has 0 spiro atoms. The minimum absolute atomic E-state index is 0.319. The molecule has 1 rings (SSSR count). The molecule has 0 aromatic carbocycles. The van der Waals surface area contributed by atoms with Gasteiger partial charge in [0.15, 0.2) is 0 Å². The molecule has 0 aliphatic heterocycles. The molecule has 0 saturated carbocycles. The Balaban J connectivity index is 2.38. The molecule has 4 nitrogen and oxygen atoms in total. The van der Waals surface area contributed by atoms with Gasteiger partial charge in [-0.1, -0.05) is 19.9 Å². The molecule has 1 aromatic rings. The number of hydrogen-bond donors (Lipinski definition) is 2. The number of nitrogens with one attached hydrogen (secondary N) is 1. The molecule has 17 heavy (non-hydrogen) atoms. The molecule has 0 fully saturated rings. The molecule has 1 unspecified atom stereocenters. The van der Waals surface area contributed by atoms with E-state index < -0.39 is 0 Å². The molecule has 96 valence electrons. The summed E-state index contributed by atoms with van der Waals surface area (Å²) in [6.45, 7) is 7.66. The molecule has 0 aliphatic carbocycles. The smallest absolute Gasteiger partial charge is 0.0300 e. The van der Waals surface area contributed by atoms with Crippen LogP contribution in [0.5, 0.6) is 0 Å². The van der Waals surface area contributed by atoms with Crippen LogP contribution in [0.3, 0.4) is 0 Å². The average molecular weight is 236 g/mol. The Labute approximate surface area is 104 Å². The van der Waals surface area contributed by atoms with Crippen LogP contribution in [0.15, 0.2) is 24.5 Å². The number of nitrogens with two attached hydrogens (primary N) is 1. The number of rotatable bonds is 8. The molecular formula is C13H24N4. The summed E-state index contributed by atoms with van der Waals surface area (Å²) >= 11 is 0. The first-order valence-corrected chi connectivity index (χ1v) is 6.37. The third-order valence-electron chi connectivity index (χ3n) is 3.13. The van der Waals surface area contributed by atoms with Gasteiger partial charge in [-0.2, -0.15) is 0 Å². The van der Waals surface area contributed by atoms with E-state index in [0.29, 0.717) is 6.04 Å². The van der Waals surface area contributed by atoms with Gasteiger partial charge in [0.05, 0.1) is 0 Å². The summed E-state index contributed by atoms with van der Waals surface area (Å²) in [5.41, 5.74) is 4.13. The maximum absolute atomic E-state index is 5.60. The standard InChI is InChI=1S/C13H24N4/c1-3-17(4-2)9-7-13(16-14)10-12-6-5-8-15-11-12/h5-6,8,11,13,16H,3-4,7,9-10,14H2,1-2H3. The number of hydrogen-bond acceptors (Lipinski definition) is 4. The van der Waals surface area contributed by atoms with Gasteiger partial charge in [0.1, 0.15) is 0 Å². The Morgan fingerprint density at radius 3 is 2.71 bits per heavy atom. The second kappa shape index (κ2) is 8.17. The van der Waals surface area contributed by atoms with E-state index in [1.54, 1.807) is 6.20 Å². The Morgan fingerprint density at radius 1 is 1.41 bits per heavy atom. The van der Waals surface area contributed by atoms with Crippen molar-refractivity contribution in [3.8, 4) is 0 Å². The zero-order valence-corrected chi connectivity index (χ0v) is 10.9. The van der Waals surface area contributed by atoms with Crippen LogP contribution in [-0.2, 0) is 6.42 Å². The van der Waals surface area contributed by atoms with Gasteiger partial charge in [-0.15, -0.1) is 0 Å². The fraction of sp³-hybridized carbons (Fsp3) is 0.615. The van der Waals surface area contributed by atoms with Crippen LogP contribution in [0, 0.1) is 0 Å². The van der Waals surface area contributed by atoms with Gasteiger partial charge in [0, 0.05) is 18.4 Å². The number of nitrogens with zero attached hydrogens (tertiary/aromatic N) is 2. The highest BCUT2D eigenvalue weighted by molar-refractivity contribution is 5.10. The minimum atomic E-state index is 0.319. The lowest BCUT2D eigenvalue weighted by Gasteiger charge is -2.22. The van der Waals surface area contributed by atoms with Crippen LogP contribution in [0.1, 0.15) is 25.8 Å². The lowest BCUT2D eigenvalue weighted by molar-refractivity contribution is 0.280. The molecule has 0 saturated heterocycles. The Hall–Kier alpha value is -0.970. The molecule has 1 aromatic heterocycles. The maximum Gasteiger partial charge on any atom is 0.0300 e. The highest BCUT2D eigenvalue weighted by Gasteiger charge is 2.09. The highest BCUT2D eigenvalue weighted by Crippen LogP contribution is 2.05. The largest absolute Gasteiger partial charge is 0.304 e. The molecule has 1 atom stereocenters. The number of aromatic nitrogens is 1. The zero-order chi connectivity index (χ0) is 12.5. The maximum atomic E-state index is 5.60. The third kappa shape index (κ3) is 5.26. The van der Waals surface area contributed by atoms with Gasteiger partial charge >= 0.3 is 0 Å². The van der Waals surface area contributed by atoms with Gasteiger partial charge in [-0.25, -0.2) is 0 Å². The summed E-state index contributed by atoms with van der Waals surface area (Å²) in [4.78, 5) is 6.53. The lowest BCUT2D eigenvalue weighted by Crippen LogP contribution is -2.39. The van der Waals surface area contributed by atoms with Crippen LogP contribution in [0.25, 0.3) is 0 Å².